The predicted molar refractivity (Wildman–Crippen MR) is 46.3 cm³/mol. The Kier molecular flexibility index (Phi) is 5.79. The fourth-order valence-corrected chi connectivity index (χ4v) is 0.774. The summed E-state index contributed by atoms with van der Waals surface area (Å²) >= 11 is 0. The van der Waals surface area contributed by atoms with E-state index in [0.717, 1.165) is 7.11 Å². The first-order valence-electron chi connectivity index (χ1n) is 4.35. The molecule has 1 atom stereocenters. The van der Waals surface area contributed by atoms with Crippen LogP contribution in [0.4, 0.5) is 13.2 Å². The second-order valence-corrected chi connectivity index (χ2v) is 2.96. The summed E-state index contributed by atoms with van der Waals surface area (Å²) in [4.78, 5) is 21.5. The Morgan fingerprint density at radius 1 is 1.44 bits per heavy atom. The molecule has 1 amide bonds. The van der Waals surface area contributed by atoms with Gasteiger partial charge in [-0.2, -0.15) is 13.2 Å². The number of methoxy groups -OCH3 is 1. The van der Waals surface area contributed by atoms with Crippen molar-refractivity contribution in [1.29, 1.82) is 0 Å². The number of hydrogen-bond acceptors (Lipinski definition) is 4. The third kappa shape index (κ3) is 7.04. The fourth-order valence-electron chi connectivity index (χ4n) is 0.774. The summed E-state index contributed by atoms with van der Waals surface area (Å²) in [6, 6.07) is 0. The summed E-state index contributed by atoms with van der Waals surface area (Å²) in [6.07, 6.45) is -7.96. The zero-order valence-electron chi connectivity index (χ0n) is 8.50. The number of aliphatic hydroxyl groups excluding tert-OH is 1. The van der Waals surface area contributed by atoms with E-state index in [9.17, 15) is 22.8 Å². The molecule has 2 N–H and O–H groups in total. The Labute approximate surface area is 89.6 Å². The molecule has 0 aliphatic heterocycles. The van der Waals surface area contributed by atoms with Crippen molar-refractivity contribution in [2.24, 2.45) is 0 Å². The topological polar surface area (TPSA) is 75.6 Å². The molecule has 16 heavy (non-hydrogen) atoms. The van der Waals surface area contributed by atoms with Gasteiger partial charge in [0.05, 0.1) is 20.1 Å². The minimum absolute atomic E-state index is 0.469. The lowest BCUT2D eigenvalue weighted by molar-refractivity contribution is -0.151. The van der Waals surface area contributed by atoms with Crippen molar-refractivity contribution < 1.29 is 32.6 Å². The molecule has 0 aliphatic carbocycles. The van der Waals surface area contributed by atoms with E-state index in [-0.39, 0.29) is 0 Å². The number of alkyl halides is 3. The van der Waals surface area contributed by atoms with Crippen LogP contribution in [0.1, 0.15) is 12.8 Å². The van der Waals surface area contributed by atoms with Gasteiger partial charge >= 0.3 is 12.1 Å². The van der Waals surface area contributed by atoms with Gasteiger partial charge in [0.1, 0.15) is 0 Å². The predicted octanol–water partition coefficient (Wildman–Crippen LogP) is -0.0210. The molecule has 0 saturated heterocycles. The summed E-state index contributed by atoms with van der Waals surface area (Å²) in [5.41, 5.74) is 0. The molecule has 0 saturated carbocycles. The maximum Gasteiger partial charge on any atom is 0.389 e. The third-order valence-corrected chi connectivity index (χ3v) is 1.60. The molecule has 5 nitrogen and oxygen atoms in total. The zero-order chi connectivity index (χ0) is 12.8. The van der Waals surface area contributed by atoms with Crippen molar-refractivity contribution in [3.8, 4) is 0 Å². The number of nitrogens with one attached hydrogen (secondary N) is 1. The Balaban J connectivity index is 3.78. The highest BCUT2D eigenvalue weighted by atomic mass is 19.4. The molecular formula is C8H12F3NO4. The lowest BCUT2D eigenvalue weighted by Gasteiger charge is -2.10. The van der Waals surface area contributed by atoms with Crippen molar-refractivity contribution in [2.45, 2.75) is 25.1 Å². The molecule has 94 valence electrons. The number of carbonyl (C=O) groups excluding carboxylic acids is 2. The lowest BCUT2D eigenvalue weighted by atomic mass is 10.3. The number of aliphatic hydroxyl groups is 1. The molecule has 8 heteroatoms. The maximum atomic E-state index is 11.7. The first-order chi connectivity index (χ1) is 7.26. The van der Waals surface area contributed by atoms with E-state index >= 15 is 0 Å². The van der Waals surface area contributed by atoms with Crippen LogP contribution in [0.3, 0.4) is 0 Å². The fraction of sp³-hybridized carbons (Fsp3) is 0.750. The molecule has 0 fully saturated rings. The number of halogens is 3. The zero-order valence-corrected chi connectivity index (χ0v) is 8.50. The van der Waals surface area contributed by atoms with Gasteiger partial charge in [-0.15, -0.1) is 0 Å². The molecule has 0 bridgehead atoms. The molecule has 0 radical (unpaired) electrons. The van der Waals surface area contributed by atoms with E-state index in [1.807, 2.05) is 5.32 Å². The molecule has 0 aliphatic rings. The number of esters is 1. The number of carbonyl (C=O) groups is 2. The van der Waals surface area contributed by atoms with Gasteiger partial charge in [0.25, 0.3) is 0 Å². The average molecular weight is 243 g/mol. The number of amides is 1. The van der Waals surface area contributed by atoms with Crippen LogP contribution in [0.15, 0.2) is 0 Å². The molecule has 0 heterocycles. The first-order valence-corrected chi connectivity index (χ1v) is 4.35. The molecule has 0 aromatic rings. The largest absolute Gasteiger partial charge is 0.467 e. The van der Waals surface area contributed by atoms with E-state index in [4.69, 9.17) is 5.11 Å². The van der Waals surface area contributed by atoms with Gasteiger partial charge in [0.15, 0.2) is 6.10 Å². The van der Waals surface area contributed by atoms with Gasteiger partial charge in [-0.3, -0.25) is 4.79 Å². The number of rotatable bonds is 5. The van der Waals surface area contributed by atoms with Crippen molar-refractivity contribution in [3.63, 3.8) is 0 Å². The average Bonchev–Trinajstić information content (AvgIpc) is 2.20. The summed E-state index contributed by atoms with van der Waals surface area (Å²) in [5.74, 6) is -1.85. The van der Waals surface area contributed by atoms with Gasteiger partial charge in [0.2, 0.25) is 5.91 Å². The van der Waals surface area contributed by atoms with Crippen LogP contribution in [0.2, 0.25) is 0 Å². The summed E-state index contributed by atoms with van der Waals surface area (Å²) in [7, 11) is 1.04. The highest BCUT2D eigenvalue weighted by Gasteiger charge is 2.28. The van der Waals surface area contributed by atoms with Crippen molar-refractivity contribution in [3.05, 3.63) is 0 Å². The smallest absolute Gasteiger partial charge is 0.389 e. The Hall–Kier alpha value is -1.31. The Morgan fingerprint density at radius 3 is 2.44 bits per heavy atom. The van der Waals surface area contributed by atoms with Crippen LogP contribution >= 0.6 is 0 Å². The normalized spacial score (nSPS) is 13.1. The minimum atomic E-state index is -4.40. The molecule has 0 aromatic heterocycles. The second kappa shape index (κ2) is 6.31. The van der Waals surface area contributed by atoms with Gasteiger partial charge in [0, 0.05) is 6.42 Å². The second-order valence-electron chi connectivity index (χ2n) is 2.96. The van der Waals surface area contributed by atoms with E-state index in [1.165, 1.54) is 0 Å². The summed E-state index contributed by atoms with van der Waals surface area (Å²) in [5, 5.41) is 11.0. The van der Waals surface area contributed by atoms with Crippen molar-refractivity contribution in [1.82, 2.24) is 5.32 Å². The number of hydrogen-bond donors (Lipinski definition) is 2. The molecule has 0 aromatic carbocycles. The highest BCUT2D eigenvalue weighted by Crippen LogP contribution is 2.20. The Morgan fingerprint density at radius 2 is 2.00 bits per heavy atom. The quantitative estimate of drug-likeness (QED) is 0.665. The molecule has 0 rings (SSSR count). The van der Waals surface area contributed by atoms with Crippen molar-refractivity contribution in [2.75, 3.05) is 13.7 Å². The maximum absolute atomic E-state index is 11.7. The summed E-state index contributed by atoms with van der Waals surface area (Å²) < 4.78 is 39.2. The van der Waals surface area contributed by atoms with Crippen LogP contribution in [-0.4, -0.2) is 42.9 Å². The van der Waals surface area contributed by atoms with Crippen molar-refractivity contribution >= 4 is 11.9 Å². The van der Waals surface area contributed by atoms with E-state index in [1.54, 1.807) is 0 Å². The van der Waals surface area contributed by atoms with E-state index in [2.05, 4.69) is 4.74 Å². The van der Waals surface area contributed by atoms with Crippen LogP contribution < -0.4 is 5.32 Å². The highest BCUT2D eigenvalue weighted by molar-refractivity contribution is 5.78. The van der Waals surface area contributed by atoms with Crippen LogP contribution in [-0.2, 0) is 14.3 Å². The van der Waals surface area contributed by atoms with Crippen LogP contribution in [0.25, 0.3) is 0 Å². The molecule has 0 spiro atoms. The number of ether oxygens (including phenoxy) is 1. The minimum Gasteiger partial charge on any atom is -0.467 e. The van der Waals surface area contributed by atoms with Gasteiger partial charge < -0.3 is 15.2 Å². The third-order valence-electron chi connectivity index (χ3n) is 1.60. The monoisotopic (exact) mass is 243 g/mol. The van der Waals surface area contributed by atoms with Crippen LogP contribution in [0.5, 0.6) is 0 Å². The molecule has 1 unspecified atom stereocenters. The van der Waals surface area contributed by atoms with Gasteiger partial charge in [-0.05, 0) is 0 Å². The summed E-state index contributed by atoms with van der Waals surface area (Å²) in [6.45, 7) is -0.469. The standard InChI is InChI=1S/C8H12F3NO4/c1-16-7(15)5(13)4-12-6(14)2-3-8(9,10)11/h5,13H,2-4H2,1H3,(H,12,14). The van der Waals surface area contributed by atoms with E-state index in [0.29, 0.717) is 0 Å². The van der Waals surface area contributed by atoms with Gasteiger partial charge in [-0.25, -0.2) is 4.79 Å². The van der Waals surface area contributed by atoms with Gasteiger partial charge in [-0.1, -0.05) is 0 Å². The first kappa shape index (κ1) is 14.7. The lowest BCUT2D eigenvalue weighted by Crippen LogP contribution is -2.37. The van der Waals surface area contributed by atoms with E-state index < -0.39 is 43.5 Å². The SMILES string of the molecule is COC(=O)C(O)CNC(=O)CCC(F)(F)F. The molecular weight excluding hydrogens is 231 g/mol. The van der Waals surface area contributed by atoms with Crippen LogP contribution in [0, 0.1) is 0 Å². The Bertz CT molecular complexity index is 254.